The molecule has 1 amide bonds. The van der Waals surface area contributed by atoms with Gasteiger partial charge in [0, 0.05) is 17.3 Å². The summed E-state index contributed by atoms with van der Waals surface area (Å²) in [4.78, 5) is 23.4. The average molecular weight is 268 g/mol. The van der Waals surface area contributed by atoms with Crippen molar-refractivity contribution in [3.8, 4) is 11.1 Å². The van der Waals surface area contributed by atoms with Crippen LogP contribution in [0.1, 0.15) is 10.5 Å². The third kappa shape index (κ3) is 1.97. The summed E-state index contributed by atoms with van der Waals surface area (Å²) in [5, 5.41) is 0. The molecule has 0 fully saturated rings. The van der Waals surface area contributed by atoms with Gasteiger partial charge in [0.2, 0.25) is 0 Å². The Morgan fingerprint density at radius 2 is 1.90 bits per heavy atom. The summed E-state index contributed by atoms with van der Waals surface area (Å²) in [5.41, 5.74) is 6.90. The molecule has 0 aliphatic heterocycles. The van der Waals surface area contributed by atoms with Crippen LogP contribution in [0.2, 0.25) is 0 Å². The van der Waals surface area contributed by atoms with Gasteiger partial charge in [-0.1, -0.05) is 18.2 Å². The van der Waals surface area contributed by atoms with Gasteiger partial charge in [-0.05, 0) is 6.07 Å². The number of nitrogens with zero attached hydrogens (tertiary/aromatic N) is 3. The second-order valence-electron chi connectivity index (χ2n) is 4.15. The fourth-order valence-electron chi connectivity index (χ4n) is 1.93. The Morgan fingerprint density at radius 1 is 1.10 bits per heavy atom. The van der Waals surface area contributed by atoms with E-state index in [0.29, 0.717) is 22.2 Å². The minimum absolute atomic E-state index is 0.0290. The Balaban J connectivity index is 2.33. The number of fused-ring (bicyclic) bond motifs is 1. The highest BCUT2D eigenvalue weighted by atomic mass is 19.1. The van der Waals surface area contributed by atoms with E-state index < -0.39 is 11.7 Å². The van der Waals surface area contributed by atoms with Gasteiger partial charge in [0.25, 0.3) is 5.91 Å². The summed E-state index contributed by atoms with van der Waals surface area (Å²) in [6.07, 6.45) is 4.26. The van der Waals surface area contributed by atoms with Gasteiger partial charge in [-0.2, -0.15) is 0 Å². The fraction of sp³-hybridized carbons (Fsp3) is 0. The van der Waals surface area contributed by atoms with Crippen LogP contribution < -0.4 is 5.73 Å². The second kappa shape index (κ2) is 4.65. The van der Waals surface area contributed by atoms with Gasteiger partial charge in [-0.3, -0.25) is 14.8 Å². The zero-order valence-electron chi connectivity index (χ0n) is 10.2. The molecule has 0 saturated heterocycles. The average Bonchev–Trinajstić information content (AvgIpc) is 2.46. The molecule has 0 saturated carbocycles. The Bertz CT molecular complexity index is 819. The quantitative estimate of drug-likeness (QED) is 0.769. The van der Waals surface area contributed by atoms with E-state index in [9.17, 15) is 9.18 Å². The normalized spacial score (nSPS) is 10.7. The lowest BCUT2D eigenvalue weighted by atomic mass is 10.1. The molecule has 1 aromatic carbocycles. The van der Waals surface area contributed by atoms with Crippen molar-refractivity contribution in [3.05, 3.63) is 54.4 Å². The molecule has 0 aliphatic carbocycles. The lowest BCUT2D eigenvalue weighted by Gasteiger charge is -2.06. The number of carbonyl (C=O) groups is 1. The van der Waals surface area contributed by atoms with Gasteiger partial charge in [0.1, 0.15) is 22.5 Å². The Kier molecular flexibility index (Phi) is 2.83. The molecule has 3 aromatic rings. The number of benzene rings is 1. The van der Waals surface area contributed by atoms with Crippen molar-refractivity contribution in [2.24, 2.45) is 5.73 Å². The van der Waals surface area contributed by atoms with Crippen molar-refractivity contribution >= 4 is 16.9 Å². The van der Waals surface area contributed by atoms with Crippen LogP contribution in [0.3, 0.4) is 0 Å². The van der Waals surface area contributed by atoms with Crippen molar-refractivity contribution in [1.29, 1.82) is 0 Å². The van der Waals surface area contributed by atoms with Gasteiger partial charge in [0.15, 0.2) is 0 Å². The maximum atomic E-state index is 13.9. The first-order chi connectivity index (χ1) is 9.66. The molecule has 0 unspecified atom stereocenters. The van der Waals surface area contributed by atoms with Crippen molar-refractivity contribution < 1.29 is 9.18 Å². The van der Waals surface area contributed by atoms with E-state index in [0.717, 1.165) is 0 Å². The minimum Gasteiger partial charge on any atom is -0.364 e. The molecular weight excluding hydrogens is 259 g/mol. The van der Waals surface area contributed by atoms with Crippen molar-refractivity contribution in [1.82, 2.24) is 15.0 Å². The van der Waals surface area contributed by atoms with E-state index in [1.54, 1.807) is 18.2 Å². The van der Waals surface area contributed by atoms with Crippen molar-refractivity contribution in [2.45, 2.75) is 0 Å². The first-order valence-electron chi connectivity index (χ1n) is 5.82. The number of rotatable bonds is 2. The summed E-state index contributed by atoms with van der Waals surface area (Å²) in [6, 6.07) is 6.27. The number of nitrogens with two attached hydrogens (primary N) is 1. The van der Waals surface area contributed by atoms with Gasteiger partial charge < -0.3 is 5.73 Å². The van der Waals surface area contributed by atoms with Crippen LogP contribution in [0, 0.1) is 5.82 Å². The van der Waals surface area contributed by atoms with Gasteiger partial charge in [-0.25, -0.2) is 9.37 Å². The monoisotopic (exact) mass is 268 g/mol. The molecule has 2 aromatic heterocycles. The molecule has 20 heavy (non-hydrogen) atoms. The number of hydrogen-bond donors (Lipinski definition) is 1. The Morgan fingerprint density at radius 3 is 2.65 bits per heavy atom. The highest BCUT2D eigenvalue weighted by molar-refractivity contribution is 5.96. The minimum atomic E-state index is -0.685. The van der Waals surface area contributed by atoms with E-state index in [4.69, 9.17) is 5.73 Å². The number of carbonyl (C=O) groups excluding carboxylic acids is 1. The largest absolute Gasteiger partial charge is 0.364 e. The molecule has 0 spiro atoms. The molecule has 5 nitrogen and oxygen atoms in total. The Labute approximate surface area is 113 Å². The zero-order valence-corrected chi connectivity index (χ0v) is 10.2. The van der Waals surface area contributed by atoms with E-state index in [-0.39, 0.29) is 5.69 Å². The number of aromatic nitrogens is 3. The lowest BCUT2D eigenvalue weighted by molar-refractivity contribution is 0.0995. The fourth-order valence-corrected chi connectivity index (χ4v) is 1.93. The molecule has 0 bridgehead atoms. The van der Waals surface area contributed by atoms with Crippen molar-refractivity contribution in [3.63, 3.8) is 0 Å². The second-order valence-corrected chi connectivity index (χ2v) is 4.15. The summed E-state index contributed by atoms with van der Waals surface area (Å²) in [6.45, 7) is 0. The number of amides is 1. The molecular formula is C14H9FN4O. The number of halogens is 1. The molecule has 98 valence electrons. The highest BCUT2D eigenvalue weighted by Crippen LogP contribution is 2.27. The van der Waals surface area contributed by atoms with Crippen LogP contribution in [0.4, 0.5) is 4.39 Å². The maximum absolute atomic E-state index is 13.9. The molecule has 3 rings (SSSR count). The number of hydrogen-bond acceptors (Lipinski definition) is 4. The van der Waals surface area contributed by atoms with Crippen LogP contribution in [0.25, 0.3) is 22.2 Å². The maximum Gasteiger partial charge on any atom is 0.268 e. The predicted octanol–water partition coefficient (Wildman–Crippen LogP) is 1.93. The number of primary amides is 1. The van der Waals surface area contributed by atoms with E-state index in [2.05, 4.69) is 15.0 Å². The highest BCUT2D eigenvalue weighted by Gasteiger charge is 2.12. The Hall–Kier alpha value is -2.89. The molecule has 6 heteroatoms. The topological polar surface area (TPSA) is 81.8 Å². The van der Waals surface area contributed by atoms with Crippen LogP contribution >= 0.6 is 0 Å². The van der Waals surface area contributed by atoms with Crippen LogP contribution in [-0.2, 0) is 0 Å². The van der Waals surface area contributed by atoms with Crippen LogP contribution in [0.15, 0.2) is 42.9 Å². The summed E-state index contributed by atoms with van der Waals surface area (Å²) in [5.74, 6) is -1.08. The SMILES string of the molecule is NC(=O)c1cnc2cncc(-c3ccccc3F)c2n1. The zero-order chi connectivity index (χ0) is 14.1. The van der Waals surface area contributed by atoms with Crippen LogP contribution in [0.5, 0.6) is 0 Å². The third-order valence-electron chi connectivity index (χ3n) is 2.87. The molecule has 0 atom stereocenters. The molecule has 0 radical (unpaired) electrons. The van der Waals surface area contributed by atoms with Crippen molar-refractivity contribution in [2.75, 3.05) is 0 Å². The van der Waals surface area contributed by atoms with Crippen LogP contribution in [-0.4, -0.2) is 20.9 Å². The van der Waals surface area contributed by atoms with E-state index in [1.807, 2.05) is 0 Å². The standard InChI is InChI=1S/C14H9FN4O/c15-10-4-2-1-3-8(10)9-5-17-6-11-13(9)19-12(7-18-11)14(16)20/h1-7H,(H2,16,20). The first kappa shape index (κ1) is 12.2. The smallest absolute Gasteiger partial charge is 0.268 e. The molecule has 0 aliphatic rings. The number of pyridine rings is 1. The summed E-state index contributed by atoms with van der Waals surface area (Å²) in [7, 11) is 0. The van der Waals surface area contributed by atoms with Gasteiger partial charge in [0.05, 0.1) is 12.4 Å². The first-order valence-corrected chi connectivity index (χ1v) is 5.82. The van der Waals surface area contributed by atoms with Gasteiger partial charge >= 0.3 is 0 Å². The predicted molar refractivity (Wildman–Crippen MR) is 71.2 cm³/mol. The third-order valence-corrected chi connectivity index (χ3v) is 2.87. The lowest BCUT2D eigenvalue weighted by Crippen LogP contribution is -2.13. The molecule has 2 heterocycles. The molecule has 2 N–H and O–H groups in total. The van der Waals surface area contributed by atoms with E-state index in [1.165, 1.54) is 24.7 Å². The van der Waals surface area contributed by atoms with Gasteiger partial charge in [-0.15, -0.1) is 0 Å². The summed E-state index contributed by atoms with van der Waals surface area (Å²) < 4.78 is 13.9. The van der Waals surface area contributed by atoms with E-state index >= 15 is 0 Å². The summed E-state index contributed by atoms with van der Waals surface area (Å²) >= 11 is 0.